The predicted octanol–water partition coefficient (Wildman–Crippen LogP) is 2.95. The van der Waals surface area contributed by atoms with E-state index < -0.39 is 0 Å². The lowest BCUT2D eigenvalue weighted by atomic mass is 10.2. The van der Waals surface area contributed by atoms with Gasteiger partial charge in [0.15, 0.2) is 0 Å². The van der Waals surface area contributed by atoms with Crippen LogP contribution in [0.1, 0.15) is 29.2 Å². The summed E-state index contributed by atoms with van der Waals surface area (Å²) in [7, 11) is 0. The fourth-order valence-corrected chi connectivity index (χ4v) is 2.79. The van der Waals surface area contributed by atoms with E-state index >= 15 is 0 Å². The molecule has 2 aromatic rings. The van der Waals surface area contributed by atoms with Gasteiger partial charge in [-0.2, -0.15) is 9.64 Å². The Labute approximate surface area is 102 Å². The fourth-order valence-electron chi connectivity index (χ4n) is 1.31. The Balaban J connectivity index is 2.19. The van der Waals surface area contributed by atoms with Crippen LogP contribution >= 0.6 is 22.9 Å². The highest BCUT2D eigenvalue weighted by molar-refractivity contribution is 7.10. The lowest BCUT2D eigenvalue weighted by molar-refractivity contribution is 0.873. The van der Waals surface area contributed by atoms with Crippen LogP contribution in [0.2, 0.25) is 0 Å². The fraction of sp³-hybridized carbons (Fsp3) is 0.300. The summed E-state index contributed by atoms with van der Waals surface area (Å²) in [6.07, 6.45) is 1.78. The van der Waals surface area contributed by atoms with Gasteiger partial charge in [0, 0.05) is 11.6 Å². The van der Waals surface area contributed by atoms with Crippen LogP contribution in [-0.4, -0.2) is 9.36 Å². The Kier molecular flexibility index (Phi) is 3.17. The highest BCUT2D eigenvalue weighted by Crippen LogP contribution is 2.28. The molecule has 1 atom stereocenters. The summed E-state index contributed by atoms with van der Waals surface area (Å²) >= 11 is 2.92. The van der Waals surface area contributed by atoms with Gasteiger partial charge in [-0.05, 0) is 25.4 Å². The topological polar surface area (TPSA) is 61.6 Å². The monoisotopic (exact) mass is 250 g/mol. The zero-order chi connectivity index (χ0) is 11.5. The van der Waals surface area contributed by atoms with Crippen molar-refractivity contribution in [3.05, 3.63) is 27.8 Å². The lowest BCUT2D eigenvalue weighted by Crippen LogP contribution is -2.05. The average molecular weight is 250 g/mol. The van der Waals surface area contributed by atoms with Crippen molar-refractivity contribution in [3.63, 3.8) is 0 Å². The van der Waals surface area contributed by atoms with Crippen molar-refractivity contribution in [2.24, 2.45) is 0 Å². The lowest BCUT2D eigenvalue weighted by Gasteiger charge is -2.10. The van der Waals surface area contributed by atoms with Crippen LogP contribution in [0.5, 0.6) is 0 Å². The van der Waals surface area contributed by atoms with Crippen molar-refractivity contribution in [2.45, 2.75) is 19.9 Å². The molecule has 4 nitrogen and oxygen atoms in total. The number of nitrogens with one attached hydrogen (secondary N) is 1. The molecule has 2 heterocycles. The zero-order valence-corrected chi connectivity index (χ0v) is 10.5. The van der Waals surface area contributed by atoms with Crippen LogP contribution in [-0.2, 0) is 0 Å². The molecule has 1 unspecified atom stereocenters. The maximum atomic E-state index is 9.00. The molecular formula is C10H10N4S2. The molecule has 0 aliphatic rings. The second-order valence-electron chi connectivity index (χ2n) is 3.32. The molecule has 16 heavy (non-hydrogen) atoms. The molecule has 0 saturated heterocycles. The minimum absolute atomic E-state index is 0.104. The number of aromatic nitrogens is 2. The molecule has 0 aliphatic carbocycles. The van der Waals surface area contributed by atoms with Crippen LogP contribution in [0, 0.1) is 18.3 Å². The summed E-state index contributed by atoms with van der Waals surface area (Å²) in [6, 6.07) is 2.27. The molecule has 1 N–H and O–H groups in total. The van der Waals surface area contributed by atoms with E-state index in [1.54, 1.807) is 17.5 Å². The third-order valence-electron chi connectivity index (χ3n) is 2.14. The Morgan fingerprint density at radius 1 is 1.56 bits per heavy atom. The second kappa shape index (κ2) is 4.60. The number of thiazole rings is 1. The first-order valence-electron chi connectivity index (χ1n) is 4.74. The molecule has 82 valence electrons. The van der Waals surface area contributed by atoms with Crippen molar-refractivity contribution in [1.82, 2.24) is 9.36 Å². The molecule has 0 aliphatic heterocycles. The van der Waals surface area contributed by atoms with Gasteiger partial charge in [-0.3, -0.25) is 0 Å². The number of nitrogens with zero attached hydrogens (tertiary/aromatic N) is 3. The van der Waals surface area contributed by atoms with Gasteiger partial charge < -0.3 is 5.32 Å². The molecule has 0 radical (unpaired) electrons. The Hall–Kier alpha value is -1.45. The SMILES string of the molecule is Cc1nsc(NC(C)c2nccs2)c1C#N. The van der Waals surface area contributed by atoms with Crippen molar-refractivity contribution in [2.75, 3.05) is 5.32 Å². The van der Waals surface area contributed by atoms with Crippen LogP contribution in [0.15, 0.2) is 11.6 Å². The van der Waals surface area contributed by atoms with Gasteiger partial charge in [-0.1, -0.05) is 0 Å². The highest BCUT2D eigenvalue weighted by atomic mass is 32.1. The number of rotatable bonds is 3. The molecule has 0 amide bonds. The van der Waals surface area contributed by atoms with Gasteiger partial charge in [0.05, 0.1) is 11.7 Å². The van der Waals surface area contributed by atoms with Gasteiger partial charge in [-0.25, -0.2) is 4.98 Å². The third-order valence-corrected chi connectivity index (χ3v) is 3.97. The summed E-state index contributed by atoms with van der Waals surface area (Å²) in [6.45, 7) is 3.86. The molecule has 0 saturated carbocycles. The molecule has 2 rings (SSSR count). The van der Waals surface area contributed by atoms with Gasteiger partial charge in [0.25, 0.3) is 0 Å². The van der Waals surface area contributed by atoms with Crippen molar-refractivity contribution in [3.8, 4) is 6.07 Å². The van der Waals surface area contributed by atoms with E-state index in [-0.39, 0.29) is 6.04 Å². The van der Waals surface area contributed by atoms with E-state index in [2.05, 4.69) is 20.7 Å². The second-order valence-corrected chi connectivity index (χ2v) is 5.02. The smallest absolute Gasteiger partial charge is 0.128 e. The van der Waals surface area contributed by atoms with E-state index in [1.807, 2.05) is 19.2 Å². The molecular weight excluding hydrogens is 240 g/mol. The molecule has 0 fully saturated rings. The van der Waals surface area contributed by atoms with Crippen molar-refractivity contribution in [1.29, 1.82) is 5.26 Å². The van der Waals surface area contributed by atoms with Gasteiger partial charge in [-0.15, -0.1) is 11.3 Å². The van der Waals surface area contributed by atoms with Crippen LogP contribution in [0.3, 0.4) is 0 Å². The van der Waals surface area contributed by atoms with E-state index in [1.165, 1.54) is 11.5 Å². The van der Waals surface area contributed by atoms with E-state index in [4.69, 9.17) is 5.26 Å². The summed E-state index contributed by atoms with van der Waals surface area (Å²) in [4.78, 5) is 4.23. The van der Waals surface area contributed by atoms with Crippen molar-refractivity contribution >= 4 is 27.9 Å². The maximum Gasteiger partial charge on any atom is 0.128 e. The quantitative estimate of drug-likeness (QED) is 0.909. The first kappa shape index (κ1) is 11.0. The van der Waals surface area contributed by atoms with Gasteiger partial charge in [0.2, 0.25) is 0 Å². The predicted molar refractivity (Wildman–Crippen MR) is 65.7 cm³/mol. The van der Waals surface area contributed by atoms with E-state index in [0.29, 0.717) is 5.56 Å². The molecule has 0 aromatic carbocycles. The normalized spacial score (nSPS) is 12.1. The summed E-state index contributed by atoms with van der Waals surface area (Å²) in [5.74, 6) is 0. The first-order valence-corrected chi connectivity index (χ1v) is 6.40. The number of hydrogen-bond acceptors (Lipinski definition) is 6. The Morgan fingerprint density at radius 2 is 2.38 bits per heavy atom. The summed E-state index contributed by atoms with van der Waals surface area (Å²) in [5, 5.41) is 16.0. The standard InChI is InChI=1S/C10H10N4S2/c1-6-8(5-11)10(16-14-6)13-7(2)9-12-3-4-15-9/h3-4,7,13H,1-2H3. The number of aryl methyl sites for hydroxylation is 1. The van der Waals surface area contributed by atoms with Crippen LogP contribution in [0.4, 0.5) is 5.00 Å². The molecule has 2 aromatic heterocycles. The van der Waals surface area contributed by atoms with Crippen LogP contribution in [0.25, 0.3) is 0 Å². The van der Waals surface area contributed by atoms with Gasteiger partial charge in [0.1, 0.15) is 21.6 Å². The largest absolute Gasteiger partial charge is 0.366 e. The maximum absolute atomic E-state index is 9.00. The zero-order valence-electron chi connectivity index (χ0n) is 8.89. The molecule has 0 spiro atoms. The minimum Gasteiger partial charge on any atom is -0.366 e. The number of nitriles is 1. The first-order chi connectivity index (χ1) is 7.72. The third kappa shape index (κ3) is 2.05. The summed E-state index contributed by atoms with van der Waals surface area (Å²) in [5.41, 5.74) is 1.41. The highest BCUT2D eigenvalue weighted by Gasteiger charge is 2.14. The molecule has 0 bridgehead atoms. The molecule has 6 heteroatoms. The van der Waals surface area contributed by atoms with Gasteiger partial charge >= 0.3 is 0 Å². The van der Waals surface area contributed by atoms with E-state index in [0.717, 1.165) is 15.7 Å². The number of hydrogen-bond donors (Lipinski definition) is 1. The average Bonchev–Trinajstić information content (AvgIpc) is 2.88. The van der Waals surface area contributed by atoms with Crippen molar-refractivity contribution < 1.29 is 0 Å². The van der Waals surface area contributed by atoms with E-state index in [9.17, 15) is 0 Å². The van der Waals surface area contributed by atoms with Crippen LogP contribution < -0.4 is 5.32 Å². The summed E-state index contributed by atoms with van der Waals surface area (Å²) < 4.78 is 4.16. The Bertz CT molecular complexity index is 509. The Morgan fingerprint density at radius 3 is 3.00 bits per heavy atom. The minimum atomic E-state index is 0.104. The number of anilines is 1.